The SMILES string of the molecule is CCCCCCC/C=C/C=C/C=C(\O)OC(C)=O. The maximum absolute atomic E-state index is 10.5. The number of carbonyl (C=O) groups is 1. The minimum absolute atomic E-state index is 0.383. The van der Waals surface area contributed by atoms with Gasteiger partial charge >= 0.3 is 5.97 Å². The molecule has 102 valence electrons. The number of hydrogen-bond acceptors (Lipinski definition) is 3. The molecule has 3 heteroatoms. The molecular weight excluding hydrogens is 228 g/mol. The Balaban J connectivity index is 3.59. The van der Waals surface area contributed by atoms with Crippen LogP contribution < -0.4 is 0 Å². The largest absolute Gasteiger partial charge is 0.481 e. The van der Waals surface area contributed by atoms with E-state index in [4.69, 9.17) is 5.11 Å². The number of ether oxygens (including phenoxy) is 1. The van der Waals surface area contributed by atoms with E-state index in [-0.39, 0.29) is 5.95 Å². The molecule has 0 rings (SSSR count). The van der Waals surface area contributed by atoms with Gasteiger partial charge in [-0.2, -0.15) is 0 Å². The Morgan fingerprint density at radius 2 is 1.83 bits per heavy atom. The summed E-state index contributed by atoms with van der Waals surface area (Å²) < 4.78 is 4.44. The second kappa shape index (κ2) is 12.0. The van der Waals surface area contributed by atoms with Crippen LogP contribution in [0.15, 0.2) is 36.3 Å². The maximum Gasteiger partial charge on any atom is 0.310 e. The van der Waals surface area contributed by atoms with Gasteiger partial charge in [0.2, 0.25) is 0 Å². The molecule has 0 fully saturated rings. The van der Waals surface area contributed by atoms with E-state index in [9.17, 15) is 4.79 Å². The summed E-state index contributed by atoms with van der Waals surface area (Å²) in [7, 11) is 0. The second-order valence-corrected chi connectivity index (χ2v) is 4.11. The first-order valence-electron chi connectivity index (χ1n) is 6.57. The Labute approximate surface area is 110 Å². The number of aliphatic hydroxyl groups excluding tert-OH is 1. The monoisotopic (exact) mass is 252 g/mol. The first-order chi connectivity index (χ1) is 8.66. The molecule has 1 N–H and O–H groups in total. The van der Waals surface area contributed by atoms with Crippen LogP contribution in [0.4, 0.5) is 0 Å². The molecule has 0 saturated carbocycles. The van der Waals surface area contributed by atoms with Gasteiger partial charge in [0.25, 0.3) is 5.95 Å². The van der Waals surface area contributed by atoms with Gasteiger partial charge in [-0.25, -0.2) is 0 Å². The summed E-state index contributed by atoms with van der Waals surface area (Å²) in [5, 5.41) is 9.09. The van der Waals surface area contributed by atoms with Gasteiger partial charge in [-0.15, -0.1) is 0 Å². The maximum atomic E-state index is 10.5. The molecule has 0 aromatic heterocycles. The molecule has 0 bridgehead atoms. The summed E-state index contributed by atoms with van der Waals surface area (Å²) in [5.41, 5.74) is 0. The fourth-order valence-electron chi connectivity index (χ4n) is 1.42. The van der Waals surface area contributed by atoms with Crippen LogP contribution in [0.5, 0.6) is 0 Å². The van der Waals surface area contributed by atoms with Gasteiger partial charge in [-0.1, -0.05) is 56.9 Å². The number of hydrogen-bond donors (Lipinski definition) is 1. The van der Waals surface area contributed by atoms with Crippen molar-refractivity contribution in [3.8, 4) is 0 Å². The fourth-order valence-corrected chi connectivity index (χ4v) is 1.42. The molecule has 0 atom stereocenters. The third kappa shape index (κ3) is 12.6. The molecule has 0 radical (unpaired) electrons. The molecule has 0 aromatic rings. The van der Waals surface area contributed by atoms with Crippen LogP contribution in [-0.4, -0.2) is 11.1 Å². The standard InChI is InChI=1S/C15H24O3/c1-3-4-5-6-7-8-9-10-11-12-13-15(17)18-14(2)16/h9-13,17H,3-8H2,1-2H3/b10-9+,12-11+,15-13+. The second-order valence-electron chi connectivity index (χ2n) is 4.11. The predicted octanol–water partition coefficient (Wildman–Crippen LogP) is 4.42. The quantitative estimate of drug-likeness (QED) is 0.286. The van der Waals surface area contributed by atoms with Crippen LogP contribution in [-0.2, 0) is 9.53 Å². The van der Waals surface area contributed by atoms with E-state index in [0.717, 1.165) is 6.42 Å². The molecule has 0 heterocycles. The minimum Gasteiger partial charge on any atom is -0.481 e. The Hall–Kier alpha value is -1.51. The molecule has 0 saturated heterocycles. The summed E-state index contributed by atoms with van der Waals surface area (Å²) in [6.07, 6.45) is 16.3. The van der Waals surface area contributed by atoms with Crippen molar-refractivity contribution in [3.63, 3.8) is 0 Å². The number of carbonyl (C=O) groups excluding carboxylic acids is 1. The van der Waals surface area contributed by atoms with Crippen molar-refractivity contribution in [1.29, 1.82) is 0 Å². The molecule has 3 nitrogen and oxygen atoms in total. The lowest BCUT2D eigenvalue weighted by molar-refractivity contribution is -0.140. The lowest BCUT2D eigenvalue weighted by atomic mass is 10.1. The summed E-state index contributed by atoms with van der Waals surface area (Å²) in [6, 6.07) is 0. The van der Waals surface area contributed by atoms with Gasteiger partial charge in [0.05, 0.1) is 0 Å². The van der Waals surface area contributed by atoms with Crippen molar-refractivity contribution in [2.24, 2.45) is 0 Å². The number of allylic oxidation sites excluding steroid dienone is 5. The summed E-state index contributed by atoms with van der Waals surface area (Å²) >= 11 is 0. The van der Waals surface area contributed by atoms with E-state index < -0.39 is 5.97 Å². The van der Waals surface area contributed by atoms with E-state index in [1.807, 2.05) is 6.08 Å². The van der Waals surface area contributed by atoms with E-state index in [0.29, 0.717) is 0 Å². The van der Waals surface area contributed by atoms with Gasteiger partial charge in [-0.05, 0) is 12.8 Å². The normalized spacial score (nSPS) is 12.4. The van der Waals surface area contributed by atoms with Gasteiger partial charge in [0, 0.05) is 13.0 Å². The third-order valence-corrected chi connectivity index (χ3v) is 2.32. The first kappa shape index (κ1) is 16.5. The van der Waals surface area contributed by atoms with Crippen molar-refractivity contribution in [2.45, 2.75) is 52.4 Å². The zero-order valence-corrected chi connectivity index (χ0v) is 11.4. The average Bonchev–Trinajstić information content (AvgIpc) is 2.30. The molecule has 0 aromatic carbocycles. The van der Waals surface area contributed by atoms with Crippen LogP contribution in [0.1, 0.15) is 52.4 Å². The molecule has 0 amide bonds. The Kier molecular flexibility index (Phi) is 11.0. The summed E-state index contributed by atoms with van der Waals surface area (Å²) in [6.45, 7) is 3.45. The number of unbranched alkanes of at least 4 members (excludes halogenated alkanes) is 5. The Bertz CT molecular complexity index is 301. The van der Waals surface area contributed by atoms with Gasteiger partial charge in [0.15, 0.2) is 0 Å². The molecule has 0 aliphatic carbocycles. The van der Waals surface area contributed by atoms with E-state index in [1.54, 1.807) is 12.2 Å². The Morgan fingerprint density at radius 1 is 1.11 bits per heavy atom. The predicted molar refractivity (Wildman–Crippen MR) is 74.1 cm³/mol. The third-order valence-electron chi connectivity index (χ3n) is 2.32. The van der Waals surface area contributed by atoms with Crippen LogP contribution in [0, 0.1) is 0 Å². The van der Waals surface area contributed by atoms with Gasteiger partial charge < -0.3 is 9.84 Å². The lowest BCUT2D eigenvalue weighted by Crippen LogP contribution is -1.96. The van der Waals surface area contributed by atoms with Crippen molar-refractivity contribution in [1.82, 2.24) is 0 Å². The summed E-state index contributed by atoms with van der Waals surface area (Å²) in [5.74, 6) is -0.911. The molecule has 0 aliphatic rings. The number of rotatable bonds is 9. The van der Waals surface area contributed by atoms with E-state index in [2.05, 4.69) is 17.7 Å². The molecule has 0 unspecified atom stereocenters. The molecular formula is C15H24O3. The lowest BCUT2D eigenvalue weighted by Gasteiger charge is -1.95. The minimum atomic E-state index is -0.528. The van der Waals surface area contributed by atoms with Crippen LogP contribution >= 0.6 is 0 Å². The Morgan fingerprint density at radius 3 is 2.50 bits per heavy atom. The summed E-state index contributed by atoms with van der Waals surface area (Å²) in [4.78, 5) is 10.5. The fraction of sp³-hybridized carbons (Fsp3) is 0.533. The van der Waals surface area contributed by atoms with E-state index in [1.165, 1.54) is 45.1 Å². The molecule has 0 aliphatic heterocycles. The average molecular weight is 252 g/mol. The van der Waals surface area contributed by atoms with Crippen LogP contribution in [0.2, 0.25) is 0 Å². The number of esters is 1. The smallest absolute Gasteiger partial charge is 0.310 e. The highest BCUT2D eigenvalue weighted by atomic mass is 16.6. The topological polar surface area (TPSA) is 46.5 Å². The van der Waals surface area contributed by atoms with Crippen LogP contribution in [0.25, 0.3) is 0 Å². The van der Waals surface area contributed by atoms with E-state index >= 15 is 0 Å². The molecule has 0 spiro atoms. The van der Waals surface area contributed by atoms with Crippen molar-refractivity contribution in [3.05, 3.63) is 36.3 Å². The molecule has 18 heavy (non-hydrogen) atoms. The first-order valence-corrected chi connectivity index (χ1v) is 6.57. The van der Waals surface area contributed by atoms with Crippen molar-refractivity contribution < 1.29 is 14.6 Å². The zero-order chi connectivity index (χ0) is 13.6. The highest BCUT2D eigenvalue weighted by Gasteiger charge is 1.94. The van der Waals surface area contributed by atoms with Crippen molar-refractivity contribution >= 4 is 5.97 Å². The highest BCUT2D eigenvalue weighted by Crippen LogP contribution is 2.05. The van der Waals surface area contributed by atoms with Gasteiger partial charge in [-0.3, -0.25) is 4.79 Å². The van der Waals surface area contributed by atoms with Crippen molar-refractivity contribution in [2.75, 3.05) is 0 Å². The number of aliphatic hydroxyl groups is 1. The van der Waals surface area contributed by atoms with Crippen LogP contribution in [0.3, 0.4) is 0 Å². The van der Waals surface area contributed by atoms with Gasteiger partial charge in [0.1, 0.15) is 0 Å². The zero-order valence-electron chi connectivity index (χ0n) is 11.4. The highest BCUT2D eigenvalue weighted by molar-refractivity contribution is 5.66.